The molecule has 25 heavy (non-hydrogen) atoms. The van der Waals surface area contributed by atoms with Gasteiger partial charge in [0.25, 0.3) is 0 Å². The number of nitrogens with one attached hydrogen (secondary N) is 1. The van der Waals surface area contributed by atoms with E-state index >= 15 is 0 Å². The Hall–Kier alpha value is -1.37. The van der Waals surface area contributed by atoms with E-state index in [0.29, 0.717) is 12.1 Å². The second kappa shape index (κ2) is 8.83. The Kier molecular flexibility index (Phi) is 6.51. The van der Waals surface area contributed by atoms with Crippen LogP contribution in [0.25, 0.3) is 0 Å². The summed E-state index contributed by atoms with van der Waals surface area (Å²) >= 11 is 5.60. The minimum absolute atomic E-state index is 0.429. The molecular weight excluding hydrogens is 334 g/mol. The monoisotopic (exact) mass is 363 g/mol. The highest BCUT2D eigenvalue weighted by Gasteiger charge is 2.26. The van der Waals surface area contributed by atoms with E-state index in [1.807, 2.05) is 24.3 Å². The topological polar surface area (TPSA) is 37.0 Å². The Morgan fingerprint density at radius 1 is 1.36 bits per heavy atom. The molecule has 0 spiro atoms. The lowest BCUT2D eigenvalue weighted by molar-refractivity contribution is 0.0576. The molecule has 0 bridgehead atoms. The van der Waals surface area contributed by atoms with Crippen LogP contribution >= 0.6 is 12.2 Å². The summed E-state index contributed by atoms with van der Waals surface area (Å²) in [5.74, 6) is 0.835. The lowest BCUT2D eigenvalue weighted by atomic mass is 10.0. The predicted octanol–water partition coefficient (Wildman–Crippen LogP) is 2.97. The van der Waals surface area contributed by atoms with Crippen molar-refractivity contribution in [3.8, 4) is 5.75 Å². The molecule has 2 heterocycles. The van der Waals surface area contributed by atoms with Crippen LogP contribution in [0.4, 0.5) is 5.69 Å². The molecule has 6 heteroatoms. The normalized spacial score (nSPS) is 21.6. The summed E-state index contributed by atoms with van der Waals surface area (Å²) < 4.78 is 11.0. The summed E-state index contributed by atoms with van der Waals surface area (Å²) in [6.45, 7) is 3.98. The number of benzene rings is 1. The number of methoxy groups -OCH3 is 1. The van der Waals surface area contributed by atoms with Gasteiger partial charge in [0.2, 0.25) is 0 Å². The second-order valence-electron chi connectivity index (χ2n) is 6.95. The summed E-state index contributed by atoms with van der Waals surface area (Å²) in [5, 5.41) is 4.13. The molecule has 1 atom stereocenters. The Morgan fingerprint density at radius 2 is 2.16 bits per heavy atom. The number of hydrogen-bond donors (Lipinski definition) is 1. The molecule has 2 aliphatic rings. The van der Waals surface area contributed by atoms with Crippen LogP contribution in [0.3, 0.4) is 0 Å². The van der Waals surface area contributed by atoms with E-state index in [9.17, 15) is 0 Å². The van der Waals surface area contributed by atoms with Crippen molar-refractivity contribution >= 4 is 23.0 Å². The van der Waals surface area contributed by atoms with Gasteiger partial charge in [-0.3, -0.25) is 0 Å². The second-order valence-corrected chi connectivity index (χ2v) is 7.34. The average molecular weight is 364 g/mol. The zero-order valence-corrected chi connectivity index (χ0v) is 16.1. The fourth-order valence-corrected chi connectivity index (χ4v) is 3.97. The highest BCUT2D eigenvalue weighted by atomic mass is 32.1. The van der Waals surface area contributed by atoms with Crippen LogP contribution in [0.1, 0.15) is 25.7 Å². The summed E-state index contributed by atoms with van der Waals surface area (Å²) in [6, 6.07) is 8.51. The molecule has 138 valence electrons. The van der Waals surface area contributed by atoms with Gasteiger partial charge in [-0.1, -0.05) is 6.07 Å². The molecule has 1 N–H and O–H groups in total. The molecule has 3 rings (SSSR count). The van der Waals surface area contributed by atoms with E-state index in [1.54, 1.807) is 7.11 Å². The highest BCUT2D eigenvalue weighted by molar-refractivity contribution is 7.80. The zero-order valence-electron chi connectivity index (χ0n) is 15.2. The van der Waals surface area contributed by atoms with Gasteiger partial charge in [-0.25, -0.2) is 0 Å². The molecule has 0 unspecified atom stereocenters. The van der Waals surface area contributed by atoms with Gasteiger partial charge < -0.3 is 24.6 Å². The van der Waals surface area contributed by atoms with Crippen molar-refractivity contribution in [3.63, 3.8) is 0 Å². The summed E-state index contributed by atoms with van der Waals surface area (Å²) in [7, 11) is 3.91. The van der Waals surface area contributed by atoms with Gasteiger partial charge in [0.15, 0.2) is 5.11 Å². The summed E-state index contributed by atoms with van der Waals surface area (Å²) in [4.78, 5) is 4.75. The molecule has 0 aliphatic carbocycles. The van der Waals surface area contributed by atoms with Crippen molar-refractivity contribution in [2.45, 2.75) is 37.8 Å². The lowest BCUT2D eigenvalue weighted by Crippen LogP contribution is -2.48. The fraction of sp³-hybridized carbons (Fsp3) is 0.632. The molecule has 2 fully saturated rings. The number of likely N-dealkylation sites (tertiary alicyclic amines) is 1. The van der Waals surface area contributed by atoms with Crippen LogP contribution in [0, 0.1) is 0 Å². The molecule has 2 aliphatic heterocycles. The van der Waals surface area contributed by atoms with Gasteiger partial charge in [-0.05, 0) is 57.1 Å². The van der Waals surface area contributed by atoms with E-state index < -0.39 is 0 Å². The van der Waals surface area contributed by atoms with Gasteiger partial charge in [0.1, 0.15) is 5.75 Å². The van der Waals surface area contributed by atoms with Crippen LogP contribution in [-0.4, -0.2) is 67.5 Å². The first-order valence-corrected chi connectivity index (χ1v) is 9.58. The van der Waals surface area contributed by atoms with E-state index in [-0.39, 0.29) is 0 Å². The van der Waals surface area contributed by atoms with Crippen LogP contribution < -0.4 is 10.1 Å². The molecule has 1 aromatic rings. The first kappa shape index (κ1) is 18.4. The quantitative estimate of drug-likeness (QED) is 0.811. The lowest BCUT2D eigenvalue weighted by Gasteiger charge is -2.38. The average Bonchev–Trinajstić information content (AvgIpc) is 3.15. The van der Waals surface area contributed by atoms with Crippen molar-refractivity contribution < 1.29 is 9.47 Å². The van der Waals surface area contributed by atoms with Gasteiger partial charge in [0.05, 0.1) is 13.2 Å². The first-order chi connectivity index (χ1) is 12.2. The van der Waals surface area contributed by atoms with E-state index in [2.05, 4.69) is 22.2 Å². The largest absolute Gasteiger partial charge is 0.497 e. The number of ether oxygens (including phenoxy) is 2. The van der Waals surface area contributed by atoms with Crippen LogP contribution in [0.2, 0.25) is 0 Å². The minimum Gasteiger partial charge on any atom is -0.497 e. The number of likely N-dealkylation sites (N-methyl/N-ethyl adjacent to an activating group) is 1. The third-order valence-electron chi connectivity index (χ3n) is 5.21. The van der Waals surface area contributed by atoms with Crippen LogP contribution in [0.5, 0.6) is 5.75 Å². The van der Waals surface area contributed by atoms with Crippen LogP contribution in [-0.2, 0) is 4.74 Å². The third kappa shape index (κ3) is 5.06. The Labute approximate surface area is 156 Å². The molecule has 2 saturated heterocycles. The number of rotatable bonds is 5. The molecule has 5 nitrogen and oxygen atoms in total. The van der Waals surface area contributed by atoms with Crippen molar-refractivity contribution in [1.82, 2.24) is 9.80 Å². The Balaban J connectivity index is 1.45. The number of piperidine rings is 1. The standard InChI is InChI=1S/C19H29N3O2S/c1-21(14-18-7-4-12-24-18)16-8-10-22(11-9-16)19(25)20-15-5-3-6-17(13-15)23-2/h3,5-6,13,16,18H,4,7-12,14H2,1-2H3,(H,20,25)/t18-/m0/s1. The van der Waals surface area contributed by atoms with Gasteiger partial charge >= 0.3 is 0 Å². The zero-order chi connectivity index (χ0) is 17.6. The maximum absolute atomic E-state index is 5.77. The number of nitrogens with zero attached hydrogens (tertiary/aromatic N) is 2. The number of anilines is 1. The maximum Gasteiger partial charge on any atom is 0.173 e. The summed E-state index contributed by atoms with van der Waals surface area (Å²) in [6.07, 6.45) is 5.13. The number of thiocarbonyl (C=S) groups is 1. The molecule has 1 aromatic carbocycles. The van der Waals surface area contributed by atoms with E-state index in [1.165, 1.54) is 12.8 Å². The SMILES string of the molecule is COc1cccc(NC(=S)N2CCC(N(C)C[C@@H]3CCCO3)CC2)c1. The van der Waals surface area contributed by atoms with E-state index in [4.69, 9.17) is 21.7 Å². The Bertz CT molecular complexity index is 570. The predicted molar refractivity (Wildman–Crippen MR) is 105 cm³/mol. The molecule has 0 aromatic heterocycles. The van der Waals surface area contributed by atoms with E-state index in [0.717, 1.165) is 55.6 Å². The van der Waals surface area contributed by atoms with Crippen LogP contribution in [0.15, 0.2) is 24.3 Å². The highest BCUT2D eigenvalue weighted by Crippen LogP contribution is 2.21. The smallest absolute Gasteiger partial charge is 0.173 e. The van der Waals surface area contributed by atoms with Crippen molar-refractivity contribution in [2.75, 3.05) is 45.7 Å². The Morgan fingerprint density at radius 3 is 2.84 bits per heavy atom. The first-order valence-electron chi connectivity index (χ1n) is 9.17. The van der Waals surface area contributed by atoms with Gasteiger partial charge in [0, 0.05) is 44.0 Å². The minimum atomic E-state index is 0.429. The van der Waals surface area contributed by atoms with Crippen molar-refractivity contribution in [2.24, 2.45) is 0 Å². The number of hydrogen-bond acceptors (Lipinski definition) is 4. The molecule has 0 saturated carbocycles. The molecule has 0 radical (unpaired) electrons. The maximum atomic E-state index is 5.77. The summed E-state index contributed by atoms with van der Waals surface area (Å²) in [5.41, 5.74) is 0.974. The fourth-order valence-electron chi connectivity index (χ4n) is 3.67. The van der Waals surface area contributed by atoms with Gasteiger partial charge in [-0.2, -0.15) is 0 Å². The molecule has 0 amide bonds. The van der Waals surface area contributed by atoms with Crippen molar-refractivity contribution in [3.05, 3.63) is 24.3 Å². The third-order valence-corrected chi connectivity index (χ3v) is 5.57. The molecular formula is C19H29N3O2S. The van der Waals surface area contributed by atoms with Crippen molar-refractivity contribution in [1.29, 1.82) is 0 Å². The van der Waals surface area contributed by atoms with Gasteiger partial charge in [-0.15, -0.1) is 0 Å².